The minimum atomic E-state index is -4.50. The normalized spacial score (nSPS) is 11.6. The van der Waals surface area contributed by atoms with Crippen LogP contribution in [-0.2, 0) is 35.8 Å². The summed E-state index contributed by atoms with van der Waals surface area (Å²) in [5, 5.41) is -1.45. The van der Waals surface area contributed by atoms with Gasteiger partial charge < -0.3 is 9.47 Å². The molecule has 1 unspecified atom stereocenters. The highest BCUT2D eigenvalue weighted by Crippen LogP contribution is 2.32. The molecule has 0 aliphatic rings. The molecule has 0 aliphatic carbocycles. The standard InChI is InChI=1S/C13H15BrO7S.C5H5N/c1-8(15)21-7-9-3-4-10(11(14)5-9)12(22(17,18)19)6-13(16)20-2;1-2-4-6-5-3-1/h3-5,12H,6-7H2,1-2H3,(H,17,18,19);1-5H. The SMILES string of the molecule is COC(=O)CC(c1ccc(COC(C)=O)cc1Br)S(=O)(=O)O.c1ccncc1. The second-order valence-electron chi connectivity index (χ2n) is 5.44. The van der Waals surface area contributed by atoms with Gasteiger partial charge in [0.25, 0.3) is 10.1 Å². The predicted octanol–water partition coefficient (Wildman–Crippen LogP) is 3.09. The minimum absolute atomic E-state index is 0.0295. The van der Waals surface area contributed by atoms with Crippen molar-refractivity contribution < 1.29 is 32.0 Å². The number of esters is 2. The van der Waals surface area contributed by atoms with Crippen LogP contribution in [0.4, 0.5) is 0 Å². The highest BCUT2D eigenvalue weighted by molar-refractivity contribution is 9.10. The summed E-state index contributed by atoms with van der Waals surface area (Å²) in [6, 6.07) is 10.2. The van der Waals surface area contributed by atoms with Crippen LogP contribution < -0.4 is 0 Å². The third-order valence-corrected chi connectivity index (χ3v) is 5.19. The Morgan fingerprint density at radius 1 is 1.21 bits per heavy atom. The van der Waals surface area contributed by atoms with Gasteiger partial charge >= 0.3 is 11.9 Å². The van der Waals surface area contributed by atoms with Gasteiger partial charge in [0.15, 0.2) is 0 Å². The molecule has 10 heteroatoms. The Kier molecular flexibility index (Phi) is 9.77. The molecular formula is C18H20BrNO7S. The van der Waals surface area contributed by atoms with Crippen molar-refractivity contribution in [2.75, 3.05) is 7.11 Å². The first kappa shape index (κ1) is 23.7. The maximum Gasteiger partial charge on any atom is 0.307 e. The first-order valence-electron chi connectivity index (χ1n) is 7.95. The summed E-state index contributed by atoms with van der Waals surface area (Å²) in [5.74, 6) is -1.21. The van der Waals surface area contributed by atoms with Gasteiger partial charge in [0, 0.05) is 23.8 Å². The zero-order valence-corrected chi connectivity index (χ0v) is 17.6. The molecule has 0 aliphatic heterocycles. The zero-order valence-electron chi connectivity index (χ0n) is 15.2. The molecule has 1 N–H and O–H groups in total. The Labute approximate surface area is 171 Å². The van der Waals surface area contributed by atoms with Crippen LogP contribution in [-0.4, -0.2) is 37.0 Å². The van der Waals surface area contributed by atoms with Gasteiger partial charge in [-0.2, -0.15) is 8.42 Å². The Morgan fingerprint density at radius 2 is 1.86 bits per heavy atom. The number of rotatable bonds is 6. The third kappa shape index (κ3) is 8.59. The molecule has 1 aromatic carbocycles. The van der Waals surface area contributed by atoms with E-state index in [2.05, 4.69) is 25.7 Å². The Morgan fingerprint density at radius 3 is 2.25 bits per heavy atom. The van der Waals surface area contributed by atoms with Crippen LogP contribution in [0.1, 0.15) is 29.7 Å². The number of carbonyl (C=O) groups excluding carboxylic acids is 2. The van der Waals surface area contributed by atoms with Gasteiger partial charge in [0.05, 0.1) is 13.5 Å². The number of hydrogen-bond acceptors (Lipinski definition) is 7. The Bertz CT molecular complexity index is 861. The summed E-state index contributed by atoms with van der Waals surface area (Å²) in [7, 11) is -3.37. The van der Waals surface area contributed by atoms with Crippen LogP contribution in [0.15, 0.2) is 53.3 Å². The quantitative estimate of drug-likeness (QED) is 0.501. The molecule has 0 fully saturated rings. The Hall–Kier alpha value is -2.30. The molecule has 2 rings (SSSR count). The number of halogens is 1. The smallest absolute Gasteiger partial charge is 0.307 e. The summed E-state index contributed by atoms with van der Waals surface area (Å²) in [6.07, 6.45) is 2.98. The third-order valence-electron chi connectivity index (χ3n) is 3.36. The van der Waals surface area contributed by atoms with Crippen LogP contribution in [0, 0.1) is 0 Å². The van der Waals surface area contributed by atoms with Gasteiger partial charge in [-0.25, -0.2) is 0 Å². The fourth-order valence-corrected chi connectivity index (χ4v) is 3.76. The summed E-state index contributed by atoms with van der Waals surface area (Å²) in [4.78, 5) is 25.9. The lowest BCUT2D eigenvalue weighted by molar-refractivity contribution is -0.142. The predicted molar refractivity (Wildman–Crippen MR) is 105 cm³/mol. The molecule has 0 radical (unpaired) electrons. The molecule has 8 nitrogen and oxygen atoms in total. The van der Waals surface area contributed by atoms with Crippen molar-refractivity contribution in [1.82, 2.24) is 4.98 Å². The topological polar surface area (TPSA) is 120 Å². The van der Waals surface area contributed by atoms with Crippen molar-refractivity contribution >= 4 is 38.0 Å². The van der Waals surface area contributed by atoms with Crippen LogP contribution in [0.5, 0.6) is 0 Å². The zero-order chi connectivity index (χ0) is 21.2. The molecule has 0 saturated heterocycles. The molecule has 2 aromatic rings. The average Bonchev–Trinajstić information content (AvgIpc) is 2.65. The first-order chi connectivity index (χ1) is 13.1. The molecule has 1 atom stereocenters. The van der Waals surface area contributed by atoms with E-state index >= 15 is 0 Å². The van der Waals surface area contributed by atoms with Gasteiger partial charge in [-0.3, -0.25) is 19.1 Å². The largest absolute Gasteiger partial charge is 0.469 e. The van der Waals surface area contributed by atoms with E-state index in [4.69, 9.17) is 4.74 Å². The van der Waals surface area contributed by atoms with Crippen molar-refractivity contribution in [2.45, 2.75) is 25.2 Å². The molecule has 1 heterocycles. The van der Waals surface area contributed by atoms with Crippen molar-refractivity contribution in [3.63, 3.8) is 0 Å². The van der Waals surface area contributed by atoms with E-state index in [-0.39, 0.29) is 12.2 Å². The number of pyridine rings is 1. The lowest BCUT2D eigenvalue weighted by Crippen LogP contribution is -2.18. The molecule has 0 spiro atoms. The highest BCUT2D eigenvalue weighted by Gasteiger charge is 2.30. The average molecular weight is 474 g/mol. The number of benzene rings is 1. The van der Waals surface area contributed by atoms with Crippen molar-refractivity contribution in [3.8, 4) is 0 Å². The number of carbonyl (C=O) groups is 2. The van der Waals surface area contributed by atoms with Gasteiger partial charge in [-0.15, -0.1) is 0 Å². The lowest BCUT2D eigenvalue weighted by atomic mass is 10.1. The van der Waals surface area contributed by atoms with Gasteiger partial charge in [-0.1, -0.05) is 34.1 Å². The monoisotopic (exact) mass is 473 g/mol. The number of methoxy groups -OCH3 is 1. The van der Waals surface area contributed by atoms with Crippen molar-refractivity contribution in [2.24, 2.45) is 0 Å². The molecule has 0 saturated carbocycles. The lowest BCUT2D eigenvalue weighted by Gasteiger charge is -2.15. The van der Waals surface area contributed by atoms with E-state index in [1.165, 1.54) is 13.0 Å². The Balaban J connectivity index is 0.000000552. The molecule has 28 heavy (non-hydrogen) atoms. The van der Waals surface area contributed by atoms with Crippen LogP contribution in [0.25, 0.3) is 0 Å². The molecule has 0 bridgehead atoms. The van der Waals surface area contributed by atoms with Gasteiger partial charge in [-0.05, 0) is 29.3 Å². The summed E-state index contributed by atoms with van der Waals surface area (Å²) < 4.78 is 41.9. The summed E-state index contributed by atoms with van der Waals surface area (Å²) in [5.41, 5.74) is 0.831. The number of nitrogens with zero attached hydrogens (tertiary/aromatic N) is 1. The van der Waals surface area contributed by atoms with E-state index in [1.807, 2.05) is 18.2 Å². The van der Waals surface area contributed by atoms with E-state index in [0.29, 0.717) is 10.0 Å². The fraction of sp³-hybridized carbons (Fsp3) is 0.278. The summed E-state index contributed by atoms with van der Waals surface area (Å²) >= 11 is 3.19. The highest BCUT2D eigenvalue weighted by atomic mass is 79.9. The maximum atomic E-state index is 11.5. The molecule has 152 valence electrons. The minimum Gasteiger partial charge on any atom is -0.469 e. The van der Waals surface area contributed by atoms with E-state index in [1.54, 1.807) is 24.5 Å². The molecular weight excluding hydrogens is 454 g/mol. The number of hydrogen-bond donors (Lipinski definition) is 1. The van der Waals surface area contributed by atoms with Crippen molar-refractivity contribution in [1.29, 1.82) is 0 Å². The maximum absolute atomic E-state index is 11.5. The second-order valence-corrected chi connectivity index (χ2v) is 7.90. The van der Waals surface area contributed by atoms with Crippen molar-refractivity contribution in [3.05, 3.63) is 64.4 Å². The molecule has 0 amide bonds. The summed E-state index contributed by atoms with van der Waals surface area (Å²) in [6.45, 7) is 1.30. The van der Waals surface area contributed by atoms with Crippen LogP contribution >= 0.6 is 15.9 Å². The fourth-order valence-electron chi connectivity index (χ4n) is 2.03. The second kappa shape index (κ2) is 11.5. The van der Waals surface area contributed by atoms with E-state index < -0.39 is 33.7 Å². The van der Waals surface area contributed by atoms with E-state index in [9.17, 15) is 22.6 Å². The van der Waals surface area contributed by atoms with E-state index in [0.717, 1.165) is 7.11 Å². The number of ether oxygens (including phenoxy) is 2. The van der Waals surface area contributed by atoms with Gasteiger partial charge in [0.2, 0.25) is 0 Å². The number of aromatic nitrogens is 1. The van der Waals surface area contributed by atoms with Crippen LogP contribution in [0.3, 0.4) is 0 Å². The van der Waals surface area contributed by atoms with Gasteiger partial charge in [0.1, 0.15) is 11.9 Å². The van der Waals surface area contributed by atoms with Crippen LogP contribution in [0.2, 0.25) is 0 Å². The molecule has 1 aromatic heterocycles. The first-order valence-corrected chi connectivity index (χ1v) is 10.2.